The van der Waals surface area contributed by atoms with Gasteiger partial charge in [0.25, 0.3) is 0 Å². The number of hydrogen-bond acceptors (Lipinski definition) is 4. The van der Waals surface area contributed by atoms with Crippen LogP contribution in [0.1, 0.15) is 32.1 Å². The monoisotopic (exact) mass is 298 g/mol. The quantitative estimate of drug-likeness (QED) is 0.701. The van der Waals surface area contributed by atoms with Gasteiger partial charge in [0.05, 0.1) is 19.1 Å². The van der Waals surface area contributed by atoms with E-state index in [4.69, 9.17) is 4.74 Å². The fourth-order valence-electron chi connectivity index (χ4n) is 3.30. The Bertz CT molecular complexity index is 380. The van der Waals surface area contributed by atoms with E-state index in [1.165, 1.54) is 0 Å². The highest BCUT2D eigenvalue weighted by atomic mass is 16.5. The first kappa shape index (κ1) is 16.2. The van der Waals surface area contributed by atoms with E-state index in [1.54, 1.807) is 12.0 Å². The Morgan fingerprint density at radius 3 is 2.81 bits per heavy atom. The number of ether oxygens (including phenoxy) is 1. The van der Waals surface area contributed by atoms with E-state index in [2.05, 4.69) is 5.32 Å². The van der Waals surface area contributed by atoms with E-state index in [1.807, 2.05) is 0 Å². The Morgan fingerprint density at radius 1 is 1.48 bits per heavy atom. The van der Waals surface area contributed by atoms with E-state index in [9.17, 15) is 14.7 Å². The largest absolute Gasteiger partial charge is 0.396 e. The normalized spacial score (nSPS) is 24.6. The van der Waals surface area contributed by atoms with Crippen LogP contribution in [0.3, 0.4) is 0 Å². The Labute approximate surface area is 125 Å². The molecule has 2 rings (SSSR count). The van der Waals surface area contributed by atoms with Crippen LogP contribution in [0.5, 0.6) is 0 Å². The summed E-state index contributed by atoms with van der Waals surface area (Å²) in [4.78, 5) is 25.7. The molecule has 1 saturated carbocycles. The molecule has 1 atom stereocenters. The van der Waals surface area contributed by atoms with Crippen LogP contribution in [0.2, 0.25) is 0 Å². The van der Waals surface area contributed by atoms with Gasteiger partial charge in [-0.3, -0.25) is 9.59 Å². The van der Waals surface area contributed by atoms with Crippen LogP contribution in [-0.2, 0) is 14.3 Å². The van der Waals surface area contributed by atoms with Crippen LogP contribution >= 0.6 is 0 Å². The number of amides is 2. The van der Waals surface area contributed by atoms with Gasteiger partial charge in [0, 0.05) is 38.6 Å². The van der Waals surface area contributed by atoms with E-state index >= 15 is 0 Å². The second-order valence-electron chi connectivity index (χ2n) is 6.32. The van der Waals surface area contributed by atoms with Crippen LogP contribution in [0, 0.1) is 11.3 Å². The van der Waals surface area contributed by atoms with Crippen molar-refractivity contribution in [3.05, 3.63) is 0 Å². The summed E-state index contributed by atoms with van der Waals surface area (Å²) in [5.74, 6) is -0.320. The van der Waals surface area contributed by atoms with Crippen LogP contribution in [0.25, 0.3) is 0 Å². The summed E-state index contributed by atoms with van der Waals surface area (Å²) in [7, 11) is 1.60. The van der Waals surface area contributed by atoms with E-state index in [0.717, 1.165) is 25.7 Å². The average Bonchev–Trinajstić information content (AvgIpc) is 3.10. The van der Waals surface area contributed by atoms with Crippen LogP contribution in [-0.4, -0.2) is 61.8 Å². The Kier molecular flexibility index (Phi) is 5.58. The molecule has 21 heavy (non-hydrogen) atoms. The molecule has 0 aromatic rings. The maximum absolute atomic E-state index is 12.2. The zero-order valence-electron chi connectivity index (χ0n) is 12.8. The minimum atomic E-state index is -0.272. The summed E-state index contributed by atoms with van der Waals surface area (Å²) in [6.07, 6.45) is 4.44. The van der Waals surface area contributed by atoms with Gasteiger partial charge in [0.1, 0.15) is 0 Å². The number of hydrogen-bond donors (Lipinski definition) is 2. The molecule has 0 aromatic carbocycles. The number of methoxy groups -OCH3 is 1. The molecule has 0 radical (unpaired) electrons. The Morgan fingerprint density at radius 2 is 2.19 bits per heavy atom. The second kappa shape index (κ2) is 7.22. The first-order valence-electron chi connectivity index (χ1n) is 7.75. The molecule has 6 heteroatoms. The van der Waals surface area contributed by atoms with Gasteiger partial charge in [-0.15, -0.1) is 0 Å². The molecule has 1 heterocycles. The number of aliphatic hydroxyl groups excluding tert-OH is 1. The van der Waals surface area contributed by atoms with Crippen molar-refractivity contribution in [2.75, 3.05) is 40.0 Å². The van der Waals surface area contributed by atoms with Gasteiger partial charge >= 0.3 is 0 Å². The number of nitrogens with one attached hydrogen (secondary N) is 1. The molecule has 1 aliphatic heterocycles. The summed E-state index contributed by atoms with van der Waals surface area (Å²) >= 11 is 0. The molecule has 1 unspecified atom stereocenters. The maximum atomic E-state index is 12.2. The van der Waals surface area contributed by atoms with Gasteiger partial charge < -0.3 is 20.1 Å². The summed E-state index contributed by atoms with van der Waals surface area (Å²) in [6.45, 7) is 2.15. The van der Waals surface area contributed by atoms with Crippen molar-refractivity contribution >= 4 is 11.8 Å². The van der Waals surface area contributed by atoms with Crippen molar-refractivity contribution in [3.8, 4) is 0 Å². The van der Waals surface area contributed by atoms with Crippen molar-refractivity contribution in [2.45, 2.75) is 32.1 Å². The number of rotatable bonds is 7. The first-order chi connectivity index (χ1) is 10.1. The highest BCUT2D eigenvalue weighted by Gasteiger charge is 2.37. The molecule has 120 valence electrons. The second-order valence-corrected chi connectivity index (χ2v) is 6.32. The average molecular weight is 298 g/mol. The van der Waals surface area contributed by atoms with Crippen LogP contribution in [0.15, 0.2) is 0 Å². The number of carbonyl (C=O) groups is 2. The minimum Gasteiger partial charge on any atom is -0.396 e. The van der Waals surface area contributed by atoms with Gasteiger partial charge in [0.15, 0.2) is 0 Å². The molecule has 2 fully saturated rings. The molecule has 2 N–H and O–H groups in total. The number of likely N-dealkylation sites (tertiary alicyclic amines) is 1. The van der Waals surface area contributed by atoms with Crippen molar-refractivity contribution in [2.24, 2.45) is 11.3 Å². The molecule has 2 amide bonds. The SMILES string of the molecule is COCCN1CC(C(=O)NCC2(CO)CCCC2)CC1=O. The Hall–Kier alpha value is -1.14. The van der Waals surface area contributed by atoms with Gasteiger partial charge in [-0.25, -0.2) is 0 Å². The van der Waals surface area contributed by atoms with Gasteiger partial charge in [0.2, 0.25) is 11.8 Å². The number of nitrogens with zero attached hydrogens (tertiary/aromatic N) is 1. The zero-order valence-corrected chi connectivity index (χ0v) is 12.8. The summed E-state index contributed by atoms with van der Waals surface area (Å²) in [6, 6.07) is 0. The predicted molar refractivity (Wildman–Crippen MR) is 77.6 cm³/mol. The molecular formula is C15H26N2O4. The standard InChI is InChI=1S/C15H26N2O4/c1-21-7-6-17-9-12(8-13(17)19)14(20)16-10-15(11-18)4-2-3-5-15/h12,18H,2-11H2,1H3,(H,16,20). The summed E-state index contributed by atoms with van der Waals surface area (Å²) < 4.78 is 4.97. The van der Waals surface area contributed by atoms with Crippen molar-refractivity contribution in [1.82, 2.24) is 10.2 Å². The van der Waals surface area contributed by atoms with E-state index < -0.39 is 0 Å². The van der Waals surface area contributed by atoms with Crippen molar-refractivity contribution in [1.29, 1.82) is 0 Å². The number of aliphatic hydroxyl groups is 1. The molecule has 1 aliphatic carbocycles. The topological polar surface area (TPSA) is 78.9 Å². The fraction of sp³-hybridized carbons (Fsp3) is 0.867. The third kappa shape index (κ3) is 3.95. The smallest absolute Gasteiger partial charge is 0.225 e. The first-order valence-corrected chi connectivity index (χ1v) is 7.75. The lowest BCUT2D eigenvalue weighted by Gasteiger charge is -2.27. The lowest BCUT2D eigenvalue weighted by molar-refractivity contribution is -0.129. The predicted octanol–water partition coefficient (Wildman–Crippen LogP) is 0.150. The van der Waals surface area contributed by atoms with Gasteiger partial charge in [-0.05, 0) is 12.8 Å². The molecule has 2 aliphatic rings. The third-order valence-electron chi connectivity index (χ3n) is 4.79. The van der Waals surface area contributed by atoms with Gasteiger partial charge in [-0.1, -0.05) is 12.8 Å². The fourth-order valence-corrected chi connectivity index (χ4v) is 3.30. The van der Waals surface area contributed by atoms with Crippen LogP contribution < -0.4 is 5.32 Å². The summed E-state index contributed by atoms with van der Waals surface area (Å²) in [5, 5.41) is 12.5. The molecule has 1 saturated heterocycles. The lowest BCUT2D eigenvalue weighted by Crippen LogP contribution is -2.41. The zero-order chi connectivity index (χ0) is 15.3. The molecule has 0 aromatic heterocycles. The maximum Gasteiger partial charge on any atom is 0.225 e. The highest BCUT2D eigenvalue weighted by molar-refractivity contribution is 5.89. The molecule has 6 nitrogen and oxygen atoms in total. The Balaban J connectivity index is 1.80. The lowest BCUT2D eigenvalue weighted by atomic mass is 9.87. The number of carbonyl (C=O) groups excluding carboxylic acids is 2. The van der Waals surface area contributed by atoms with E-state index in [-0.39, 0.29) is 36.2 Å². The minimum absolute atomic E-state index is 0.0185. The summed E-state index contributed by atoms with van der Waals surface area (Å²) in [5.41, 5.74) is -0.145. The van der Waals surface area contributed by atoms with E-state index in [0.29, 0.717) is 26.2 Å². The molecule has 0 bridgehead atoms. The molecular weight excluding hydrogens is 272 g/mol. The third-order valence-corrected chi connectivity index (χ3v) is 4.79. The molecule has 0 spiro atoms. The van der Waals surface area contributed by atoms with Crippen LogP contribution in [0.4, 0.5) is 0 Å². The van der Waals surface area contributed by atoms with Crippen molar-refractivity contribution in [3.63, 3.8) is 0 Å². The highest BCUT2D eigenvalue weighted by Crippen LogP contribution is 2.37. The van der Waals surface area contributed by atoms with Crippen molar-refractivity contribution < 1.29 is 19.4 Å². The van der Waals surface area contributed by atoms with Gasteiger partial charge in [-0.2, -0.15) is 0 Å².